The molecule has 1 aliphatic rings. The molecule has 0 saturated heterocycles. The van der Waals surface area contributed by atoms with Crippen molar-refractivity contribution in [3.8, 4) is 0 Å². The number of amides is 2. The summed E-state index contributed by atoms with van der Waals surface area (Å²) >= 11 is 0. The SMILES string of the molecule is CC(CNC(=O)N[C@H]1CC[C@@H](C(=O)O)C1)c1ccccc1. The molecule has 1 aromatic carbocycles. The largest absolute Gasteiger partial charge is 0.481 e. The van der Waals surface area contributed by atoms with Crippen LogP contribution >= 0.6 is 0 Å². The summed E-state index contributed by atoms with van der Waals surface area (Å²) in [6.07, 6.45) is 1.90. The van der Waals surface area contributed by atoms with Crippen molar-refractivity contribution in [2.24, 2.45) is 5.92 Å². The number of carbonyl (C=O) groups is 2. The highest BCUT2D eigenvalue weighted by molar-refractivity contribution is 5.75. The zero-order valence-corrected chi connectivity index (χ0v) is 12.2. The molecule has 1 aromatic rings. The first-order valence-electron chi connectivity index (χ1n) is 7.38. The Balaban J connectivity index is 1.72. The number of nitrogens with one attached hydrogen (secondary N) is 2. The predicted molar refractivity (Wildman–Crippen MR) is 80.2 cm³/mol. The summed E-state index contributed by atoms with van der Waals surface area (Å²) < 4.78 is 0. The fourth-order valence-electron chi connectivity index (χ4n) is 2.72. The molecule has 3 N–H and O–H groups in total. The third kappa shape index (κ3) is 4.48. The van der Waals surface area contributed by atoms with Crippen molar-refractivity contribution in [2.45, 2.75) is 38.1 Å². The minimum atomic E-state index is -0.766. The molecule has 5 nitrogen and oxygen atoms in total. The highest BCUT2D eigenvalue weighted by Gasteiger charge is 2.30. The van der Waals surface area contributed by atoms with Crippen molar-refractivity contribution in [3.63, 3.8) is 0 Å². The van der Waals surface area contributed by atoms with Crippen molar-refractivity contribution in [1.82, 2.24) is 10.6 Å². The quantitative estimate of drug-likeness (QED) is 0.779. The molecule has 2 rings (SSSR count). The number of urea groups is 1. The number of aliphatic carboxylic acids is 1. The summed E-state index contributed by atoms with van der Waals surface area (Å²) in [7, 11) is 0. The van der Waals surface area contributed by atoms with Gasteiger partial charge >= 0.3 is 12.0 Å². The van der Waals surface area contributed by atoms with E-state index in [9.17, 15) is 9.59 Å². The molecule has 0 bridgehead atoms. The molecule has 0 heterocycles. The fraction of sp³-hybridized carbons (Fsp3) is 0.500. The first-order valence-corrected chi connectivity index (χ1v) is 7.38. The lowest BCUT2D eigenvalue weighted by molar-refractivity contribution is -0.141. The van der Waals surface area contributed by atoms with Gasteiger partial charge in [0.25, 0.3) is 0 Å². The molecule has 0 radical (unpaired) electrons. The summed E-state index contributed by atoms with van der Waals surface area (Å²) in [5.41, 5.74) is 1.18. The van der Waals surface area contributed by atoms with Gasteiger partial charge in [0.2, 0.25) is 0 Å². The second kappa shape index (κ2) is 7.11. The lowest BCUT2D eigenvalue weighted by atomic mass is 10.0. The van der Waals surface area contributed by atoms with Crippen LogP contribution in [0, 0.1) is 5.92 Å². The molecule has 1 fully saturated rings. The van der Waals surface area contributed by atoms with E-state index in [0.717, 1.165) is 6.42 Å². The van der Waals surface area contributed by atoms with Crippen LogP contribution in [0.25, 0.3) is 0 Å². The molecule has 1 unspecified atom stereocenters. The van der Waals surface area contributed by atoms with E-state index >= 15 is 0 Å². The molecular weight excluding hydrogens is 268 g/mol. The van der Waals surface area contributed by atoms with Crippen LogP contribution < -0.4 is 10.6 Å². The molecule has 3 atom stereocenters. The van der Waals surface area contributed by atoms with Crippen LogP contribution in [0.4, 0.5) is 4.79 Å². The summed E-state index contributed by atoms with van der Waals surface area (Å²) in [4.78, 5) is 22.7. The Morgan fingerprint density at radius 2 is 2.00 bits per heavy atom. The van der Waals surface area contributed by atoms with Gasteiger partial charge in [-0.05, 0) is 30.7 Å². The van der Waals surface area contributed by atoms with Gasteiger partial charge in [-0.1, -0.05) is 37.3 Å². The maximum atomic E-state index is 11.8. The van der Waals surface area contributed by atoms with Crippen molar-refractivity contribution in [3.05, 3.63) is 35.9 Å². The number of carbonyl (C=O) groups excluding carboxylic acids is 1. The van der Waals surface area contributed by atoms with Crippen LogP contribution in [0.15, 0.2) is 30.3 Å². The van der Waals surface area contributed by atoms with E-state index in [-0.39, 0.29) is 23.9 Å². The van der Waals surface area contributed by atoms with E-state index in [0.29, 0.717) is 19.4 Å². The Bertz CT molecular complexity index is 490. The molecule has 1 aliphatic carbocycles. The van der Waals surface area contributed by atoms with Gasteiger partial charge in [-0.25, -0.2) is 4.79 Å². The number of hydrogen-bond donors (Lipinski definition) is 3. The van der Waals surface area contributed by atoms with E-state index < -0.39 is 5.97 Å². The molecule has 2 amide bonds. The highest BCUT2D eigenvalue weighted by atomic mass is 16.4. The third-order valence-corrected chi connectivity index (χ3v) is 4.05. The van der Waals surface area contributed by atoms with Crippen molar-refractivity contribution in [1.29, 1.82) is 0 Å². The molecule has 5 heteroatoms. The monoisotopic (exact) mass is 290 g/mol. The summed E-state index contributed by atoms with van der Waals surface area (Å²) in [5.74, 6) is -0.844. The van der Waals surface area contributed by atoms with Crippen LogP contribution in [-0.4, -0.2) is 29.7 Å². The highest BCUT2D eigenvalue weighted by Crippen LogP contribution is 2.25. The van der Waals surface area contributed by atoms with Crippen LogP contribution in [0.3, 0.4) is 0 Å². The minimum absolute atomic E-state index is 0.0295. The maximum Gasteiger partial charge on any atom is 0.315 e. The smallest absolute Gasteiger partial charge is 0.315 e. The van der Waals surface area contributed by atoms with Gasteiger partial charge in [-0.2, -0.15) is 0 Å². The fourth-order valence-corrected chi connectivity index (χ4v) is 2.72. The van der Waals surface area contributed by atoms with E-state index in [1.807, 2.05) is 30.3 Å². The van der Waals surface area contributed by atoms with Crippen molar-refractivity contribution >= 4 is 12.0 Å². The first kappa shape index (κ1) is 15.4. The number of hydrogen-bond acceptors (Lipinski definition) is 2. The number of carboxylic acids is 1. The van der Waals surface area contributed by atoms with E-state index in [1.54, 1.807) is 0 Å². The Morgan fingerprint density at radius 3 is 2.62 bits per heavy atom. The zero-order chi connectivity index (χ0) is 15.2. The number of rotatable bonds is 5. The Kier molecular flexibility index (Phi) is 5.20. The lowest BCUT2D eigenvalue weighted by Gasteiger charge is -2.16. The standard InChI is InChI=1S/C16H22N2O3/c1-11(12-5-3-2-4-6-12)10-17-16(21)18-14-8-7-13(9-14)15(19)20/h2-6,11,13-14H,7-10H2,1H3,(H,19,20)(H2,17,18,21)/t11?,13-,14+/m1/s1. The van der Waals surface area contributed by atoms with Gasteiger partial charge in [-0.15, -0.1) is 0 Å². The van der Waals surface area contributed by atoms with Crippen LogP contribution in [0.2, 0.25) is 0 Å². The minimum Gasteiger partial charge on any atom is -0.481 e. The molecule has 0 spiro atoms. The van der Waals surface area contributed by atoms with E-state index in [4.69, 9.17) is 5.11 Å². The molecule has 0 aromatic heterocycles. The summed E-state index contributed by atoms with van der Waals surface area (Å²) in [5, 5.41) is 14.7. The zero-order valence-electron chi connectivity index (χ0n) is 12.2. The summed E-state index contributed by atoms with van der Waals surface area (Å²) in [6, 6.07) is 9.77. The number of benzene rings is 1. The van der Waals surface area contributed by atoms with Gasteiger partial charge in [0.15, 0.2) is 0 Å². The predicted octanol–water partition coefficient (Wildman–Crippen LogP) is 2.34. The normalized spacial score (nSPS) is 22.5. The second-order valence-electron chi connectivity index (χ2n) is 5.71. The Morgan fingerprint density at radius 1 is 1.29 bits per heavy atom. The van der Waals surface area contributed by atoms with Gasteiger partial charge in [0.05, 0.1) is 5.92 Å². The first-order chi connectivity index (χ1) is 10.1. The van der Waals surface area contributed by atoms with Crippen LogP contribution in [-0.2, 0) is 4.79 Å². The molecule has 114 valence electrons. The van der Waals surface area contributed by atoms with Gasteiger partial charge in [0, 0.05) is 12.6 Å². The van der Waals surface area contributed by atoms with Crippen LogP contribution in [0.1, 0.15) is 37.7 Å². The third-order valence-electron chi connectivity index (χ3n) is 4.05. The van der Waals surface area contributed by atoms with Crippen molar-refractivity contribution in [2.75, 3.05) is 6.54 Å². The van der Waals surface area contributed by atoms with E-state index in [2.05, 4.69) is 17.6 Å². The lowest BCUT2D eigenvalue weighted by Crippen LogP contribution is -2.42. The average molecular weight is 290 g/mol. The van der Waals surface area contributed by atoms with Gasteiger partial charge < -0.3 is 15.7 Å². The van der Waals surface area contributed by atoms with Crippen LogP contribution in [0.5, 0.6) is 0 Å². The maximum absolute atomic E-state index is 11.8. The Labute approximate surface area is 124 Å². The summed E-state index contributed by atoms with van der Waals surface area (Å²) in [6.45, 7) is 2.62. The van der Waals surface area contributed by atoms with Gasteiger partial charge in [-0.3, -0.25) is 4.79 Å². The van der Waals surface area contributed by atoms with E-state index in [1.165, 1.54) is 5.56 Å². The topological polar surface area (TPSA) is 78.4 Å². The molecular formula is C16H22N2O3. The second-order valence-corrected chi connectivity index (χ2v) is 5.71. The molecule has 1 saturated carbocycles. The number of carboxylic acid groups (broad SMARTS) is 1. The Hall–Kier alpha value is -2.04. The molecule has 21 heavy (non-hydrogen) atoms. The van der Waals surface area contributed by atoms with Crippen molar-refractivity contribution < 1.29 is 14.7 Å². The van der Waals surface area contributed by atoms with Gasteiger partial charge in [0.1, 0.15) is 0 Å². The average Bonchev–Trinajstić information content (AvgIpc) is 2.94. The molecule has 0 aliphatic heterocycles.